The number of alkyl halides is 1. The first-order valence-electron chi connectivity index (χ1n) is 3.83. The molecule has 0 amide bonds. The summed E-state index contributed by atoms with van der Waals surface area (Å²) in [6.07, 6.45) is 4.15. The first-order chi connectivity index (χ1) is 4.73. The van der Waals surface area contributed by atoms with Crippen molar-refractivity contribution in [1.82, 2.24) is 0 Å². The third-order valence-electron chi connectivity index (χ3n) is 2.02. The van der Waals surface area contributed by atoms with Crippen molar-refractivity contribution in [3.63, 3.8) is 0 Å². The van der Waals surface area contributed by atoms with Gasteiger partial charge in [-0.2, -0.15) is 5.26 Å². The van der Waals surface area contributed by atoms with Gasteiger partial charge in [0, 0.05) is 0 Å². The molecule has 1 rings (SSSR count). The molecule has 2 heteroatoms. The van der Waals surface area contributed by atoms with Gasteiger partial charge >= 0.3 is 0 Å². The van der Waals surface area contributed by atoms with Crippen LogP contribution in [0.5, 0.6) is 0 Å². The van der Waals surface area contributed by atoms with Crippen LogP contribution in [0.25, 0.3) is 0 Å². The second kappa shape index (κ2) is 2.80. The second-order valence-electron chi connectivity index (χ2n) is 3.00. The van der Waals surface area contributed by atoms with E-state index in [0.29, 0.717) is 5.92 Å². The quantitative estimate of drug-likeness (QED) is 0.578. The predicted molar refractivity (Wildman–Crippen MR) is 41.8 cm³/mol. The summed E-state index contributed by atoms with van der Waals surface area (Å²) in [4.78, 5) is -0.519. The lowest BCUT2D eigenvalue weighted by molar-refractivity contribution is 0.565. The van der Waals surface area contributed by atoms with E-state index in [0.717, 1.165) is 25.7 Å². The lowest BCUT2D eigenvalue weighted by Crippen LogP contribution is -2.20. The Hall–Kier alpha value is -0.220. The zero-order chi connectivity index (χ0) is 7.61. The maximum absolute atomic E-state index is 8.74. The lowest BCUT2D eigenvalue weighted by Gasteiger charge is -2.16. The molecule has 56 valence electrons. The van der Waals surface area contributed by atoms with Gasteiger partial charge in [-0.1, -0.05) is 13.3 Å². The molecule has 0 aliphatic heterocycles. The Balaban J connectivity index is 2.50. The molecule has 0 N–H and O–H groups in total. The van der Waals surface area contributed by atoms with Crippen LogP contribution < -0.4 is 0 Å². The van der Waals surface area contributed by atoms with Crippen molar-refractivity contribution in [2.45, 2.75) is 37.5 Å². The van der Waals surface area contributed by atoms with E-state index in [1.807, 2.05) is 0 Å². The summed E-state index contributed by atoms with van der Waals surface area (Å²) in [6, 6.07) is 2.21. The fourth-order valence-corrected chi connectivity index (χ4v) is 1.66. The van der Waals surface area contributed by atoms with Crippen molar-refractivity contribution in [2.75, 3.05) is 0 Å². The van der Waals surface area contributed by atoms with Gasteiger partial charge in [-0.25, -0.2) is 0 Å². The monoisotopic (exact) mass is 157 g/mol. The molecule has 1 saturated carbocycles. The highest BCUT2D eigenvalue weighted by Crippen LogP contribution is 2.45. The van der Waals surface area contributed by atoms with Crippen molar-refractivity contribution in [3.05, 3.63) is 0 Å². The molecule has 1 atom stereocenters. The topological polar surface area (TPSA) is 23.8 Å². The van der Waals surface area contributed by atoms with Crippen LogP contribution in [-0.2, 0) is 0 Å². The van der Waals surface area contributed by atoms with Gasteiger partial charge in [-0.3, -0.25) is 0 Å². The highest BCUT2D eigenvalue weighted by molar-refractivity contribution is 6.26. The third kappa shape index (κ3) is 1.44. The molecule has 1 fully saturated rings. The van der Waals surface area contributed by atoms with Gasteiger partial charge in [0.25, 0.3) is 0 Å². The van der Waals surface area contributed by atoms with E-state index in [4.69, 9.17) is 16.9 Å². The van der Waals surface area contributed by atoms with Gasteiger partial charge in [0.15, 0.2) is 0 Å². The normalized spacial score (nSPS) is 23.3. The van der Waals surface area contributed by atoms with Crippen LogP contribution in [0.2, 0.25) is 0 Å². The molecule has 0 aromatic heterocycles. The summed E-state index contributed by atoms with van der Waals surface area (Å²) < 4.78 is 0. The SMILES string of the molecule is CCCC(Cl)(C#N)C1CC1. The van der Waals surface area contributed by atoms with Gasteiger partial charge in [0.1, 0.15) is 4.87 Å². The van der Waals surface area contributed by atoms with Crippen LogP contribution in [0, 0.1) is 17.2 Å². The predicted octanol–water partition coefficient (Wildman–Crippen LogP) is 2.70. The molecule has 0 bridgehead atoms. The van der Waals surface area contributed by atoms with E-state index >= 15 is 0 Å². The molecule has 0 heterocycles. The average Bonchev–Trinajstić information content (AvgIpc) is 2.69. The smallest absolute Gasteiger partial charge is 0.133 e. The van der Waals surface area contributed by atoms with Gasteiger partial charge in [0.2, 0.25) is 0 Å². The Labute approximate surface area is 67.0 Å². The van der Waals surface area contributed by atoms with E-state index in [9.17, 15) is 0 Å². The van der Waals surface area contributed by atoms with E-state index in [1.165, 1.54) is 0 Å². The average molecular weight is 158 g/mol. The Bertz CT molecular complexity index is 157. The minimum absolute atomic E-state index is 0.485. The van der Waals surface area contributed by atoms with E-state index < -0.39 is 4.87 Å². The number of rotatable bonds is 3. The summed E-state index contributed by atoms with van der Waals surface area (Å²) in [5, 5.41) is 8.74. The summed E-state index contributed by atoms with van der Waals surface area (Å²) in [5.74, 6) is 0.485. The van der Waals surface area contributed by atoms with Crippen molar-refractivity contribution in [2.24, 2.45) is 5.92 Å². The number of hydrogen-bond acceptors (Lipinski definition) is 1. The van der Waals surface area contributed by atoms with Gasteiger partial charge in [-0.15, -0.1) is 11.6 Å². The third-order valence-corrected chi connectivity index (χ3v) is 2.61. The highest BCUT2D eigenvalue weighted by atomic mass is 35.5. The highest BCUT2D eigenvalue weighted by Gasteiger charge is 2.43. The van der Waals surface area contributed by atoms with Crippen LogP contribution in [0.4, 0.5) is 0 Å². The molecular weight excluding hydrogens is 146 g/mol. The van der Waals surface area contributed by atoms with Crippen molar-refractivity contribution in [3.8, 4) is 6.07 Å². The Morgan fingerprint density at radius 2 is 2.30 bits per heavy atom. The number of nitrogens with zero attached hydrogens (tertiary/aromatic N) is 1. The Morgan fingerprint density at radius 1 is 1.70 bits per heavy atom. The summed E-state index contributed by atoms with van der Waals surface area (Å²) in [6.45, 7) is 2.07. The van der Waals surface area contributed by atoms with Crippen LogP contribution in [0.1, 0.15) is 32.6 Å². The van der Waals surface area contributed by atoms with Crippen molar-refractivity contribution in [1.29, 1.82) is 5.26 Å². The largest absolute Gasteiger partial charge is 0.196 e. The Morgan fingerprint density at radius 3 is 2.60 bits per heavy atom. The van der Waals surface area contributed by atoms with Gasteiger partial charge < -0.3 is 0 Å². The fourth-order valence-electron chi connectivity index (χ4n) is 1.26. The summed E-state index contributed by atoms with van der Waals surface area (Å²) in [5.41, 5.74) is 0. The first-order valence-corrected chi connectivity index (χ1v) is 4.21. The Kier molecular flexibility index (Phi) is 2.21. The zero-order valence-corrected chi connectivity index (χ0v) is 6.99. The summed E-state index contributed by atoms with van der Waals surface area (Å²) in [7, 11) is 0. The molecule has 10 heavy (non-hydrogen) atoms. The van der Waals surface area contributed by atoms with E-state index in [1.54, 1.807) is 0 Å². The summed E-state index contributed by atoms with van der Waals surface area (Å²) >= 11 is 6.06. The van der Waals surface area contributed by atoms with Crippen LogP contribution >= 0.6 is 11.6 Å². The molecule has 0 saturated heterocycles. The standard InChI is InChI=1S/C8H12ClN/c1-2-5-8(9,6-10)7-3-4-7/h7H,2-5H2,1H3. The van der Waals surface area contributed by atoms with E-state index in [-0.39, 0.29) is 0 Å². The molecule has 0 spiro atoms. The second-order valence-corrected chi connectivity index (χ2v) is 3.67. The van der Waals surface area contributed by atoms with Crippen LogP contribution in [0.3, 0.4) is 0 Å². The van der Waals surface area contributed by atoms with Gasteiger partial charge in [0.05, 0.1) is 6.07 Å². The molecule has 1 unspecified atom stereocenters. The van der Waals surface area contributed by atoms with E-state index in [2.05, 4.69) is 13.0 Å². The minimum Gasteiger partial charge on any atom is -0.196 e. The zero-order valence-electron chi connectivity index (χ0n) is 6.23. The molecule has 0 aromatic rings. The minimum atomic E-state index is -0.519. The molecule has 0 aromatic carbocycles. The maximum Gasteiger partial charge on any atom is 0.133 e. The number of nitriles is 1. The molecule has 0 radical (unpaired) electrons. The lowest BCUT2D eigenvalue weighted by atomic mass is 9.99. The van der Waals surface area contributed by atoms with Crippen LogP contribution in [0.15, 0.2) is 0 Å². The molecule has 1 aliphatic rings. The number of hydrogen-bond donors (Lipinski definition) is 0. The molecule has 1 nitrogen and oxygen atoms in total. The fraction of sp³-hybridized carbons (Fsp3) is 0.875. The van der Waals surface area contributed by atoms with Crippen LogP contribution in [-0.4, -0.2) is 4.87 Å². The molecule has 1 aliphatic carbocycles. The first kappa shape index (κ1) is 7.88. The van der Waals surface area contributed by atoms with Gasteiger partial charge in [-0.05, 0) is 25.2 Å². The maximum atomic E-state index is 8.74. The number of halogens is 1. The van der Waals surface area contributed by atoms with Crippen molar-refractivity contribution >= 4 is 11.6 Å². The molecular formula is C8H12ClN. The van der Waals surface area contributed by atoms with Crippen molar-refractivity contribution < 1.29 is 0 Å².